The Morgan fingerprint density at radius 2 is 1.97 bits per heavy atom. The molecule has 30 heavy (non-hydrogen) atoms. The van der Waals surface area contributed by atoms with Crippen molar-refractivity contribution >= 4 is 21.2 Å². The lowest BCUT2D eigenvalue weighted by Crippen LogP contribution is -2.19. The van der Waals surface area contributed by atoms with E-state index in [1.54, 1.807) is 12.3 Å². The highest BCUT2D eigenvalue weighted by atomic mass is 32.2. The molecule has 1 aromatic heterocycles. The van der Waals surface area contributed by atoms with E-state index in [9.17, 15) is 18.5 Å². The minimum atomic E-state index is -3.73. The molecule has 8 nitrogen and oxygen atoms in total. The molecule has 9 heteroatoms. The topological polar surface area (TPSA) is 107 Å². The Balaban J connectivity index is 1.67. The second-order valence-corrected chi connectivity index (χ2v) is 9.44. The first-order valence-corrected chi connectivity index (χ1v) is 11.6. The SMILES string of the molecule is CS(=O)(=O)c1cccc(NC2CCCc3c2cnn3Cc2ccccc2)c1[N+](=O)[O-]. The van der Waals surface area contributed by atoms with Gasteiger partial charge in [-0.1, -0.05) is 36.4 Å². The van der Waals surface area contributed by atoms with Crippen LogP contribution in [-0.4, -0.2) is 29.4 Å². The molecule has 0 saturated carbocycles. The van der Waals surface area contributed by atoms with Crippen LogP contribution < -0.4 is 5.32 Å². The number of nitrogens with one attached hydrogen (secondary N) is 1. The van der Waals surface area contributed by atoms with E-state index in [4.69, 9.17) is 0 Å². The molecular formula is C21H22N4O4S. The normalized spacial score (nSPS) is 16.1. The van der Waals surface area contributed by atoms with Crippen LogP contribution in [-0.2, 0) is 22.8 Å². The third-order valence-corrected chi connectivity index (χ3v) is 6.48. The second kappa shape index (κ2) is 7.91. The van der Waals surface area contributed by atoms with Crippen LogP contribution in [0.5, 0.6) is 0 Å². The molecule has 0 spiro atoms. The van der Waals surface area contributed by atoms with Crippen molar-refractivity contribution in [1.82, 2.24) is 9.78 Å². The molecule has 3 aromatic rings. The van der Waals surface area contributed by atoms with Gasteiger partial charge in [0.05, 0.1) is 23.7 Å². The summed E-state index contributed by atoms with van der Waals surface area (Å²) in [6.07, 6.45) is 5.35. The summed E-state index contributed by atoms with van der Waals surface area (Å²) in [5.41, 5.74) is 3.04. The van der Waals surface area contributed by atoms with Crippen molar-refractivity contribution in [2.75, 3.05) is 11.6 Å². The van der Waals surface area contributed by atoms with Gasteiger partial charge in [-0.05, 0) is 37.0 Å². The highest BCUT2D eigenvalue weighted by Crippen LogP contribution is 2.38. The van der Waals surface area contributed by atoms with E-state index < -0.39 is 20.4 Å². The number of nitrogens with zero attached hydrogens (tertiary/aromatic N) is 3. The van der Waals surface area contributed by atoms with Crippen LogP contribution in [0.3, 0.4) is 0 Å². The second-order valence-electron chi connectivity index (χ2n) is 7.46. The molecule has 0 bridgehead atoms. The first kappa shape index (κ1) is 20.1. The zero-order chi connectivity index (χ0) is 21.3. The largest absolute Gasteiger partial charge is 0.373 e. The molecule has 1 unspecified atom stereocenters. The molecule has 156 valence electrons. The van der Waals surface area contributed by atoms with E-state index in [2.05, 4.69) is 10.4 Å². The van der Waals surface area contributed by atoms with Gasteiger partial charge >= 0.3 is 5.69 Å². The maximum Gasteiger partial charge on any atom is 0.310 e. The molecule has 0 aliphatic heterocycles. The van der Waals surface area contributed by atoms with E-state index in [0.717, 1.165) is 42.3 Å². The number of hydrogen-bond donors (Lipinski definition) is 1. The summed E-state index contributed by atoms with van der Waals surface area (Å²) in [6.45, 7) is 0.659. The highest BCUT2D eigenvalue weighted by Gasteiger charge is 2.30. The van der Waals surface area contributed by atoms with E-state index >= 15 is 0 Å². The summed E-state index contributed by atoms with van der Waals surface area (Å²) in [5.74, 6) is 0. The van der Waals surface area contributed by atoms with Crippen molar-refractivity contribution in [1.29, 1.82) is 0 Å². The Morgan fingerprint density at radius 3 is 2.67 bits per heavy atom. The van der Waals surface area contributed by atoms with Gasteiger partial charge in [0.15, 0.2) is 9.84 Å². The highest BCUT2D eigenvalue weighted by molar-refractivity contribution is 7.90. The smallest absolute Gasteiger partial charge is 0.310 e. The average Bonchev–Trinajstić information content (AvgIpc) is 3.12. The minimum absolute atomic E-state index is 0.174. The van der Waals surface area contributed by atoms with Crippen LogP contribution in [0.4, 0.5) is 11.4 Å². The maximum absolute atomic E-state index is 12.0. The molecule has 1 N–H and O–H groups in total. The van der Waals surface area contributed by atoms with Crippen molar-refractivity contribution < 1.29 is 13.3 Å². The van der Waals surface area contributed by atoms with Gasteiger partial charge in [0.25, 0.3) is 0 Å². The summed E-state index contributed by atoms with van der Waals surface area (Å²) in [4.78, 5) is 10.7. The fourth-order valence-corrected chi connectivity index (χ4v) is 4.84. The van der Waals surface area contributed by atoms with Crippen molar-refractivity contribution in [2.24, 2.45) is 0 Å². The van der Waals surface area contributed by atoms with Crippen molar-refractivity contribution in [3.8, 4) is 0 Å². The molecule has 4 rings (SSSR count). The molecule has 0 radical (unpaired) electrons. The van der Waals surface area contributed by atoms with Crippen LogP contribution in [0.1, 0.15) is 35.7 Å². The predicted octanol–water partition coefficient (Wildman–Crippen LogP) is 3.73. The van der Waals surface area contributed by atoms with Crippen molar-refractivity contribution in [3.63, 3.8) is 0 Å². The number of anilines is 1. The van der Waals surface area contributed by atoms with Crippen LogP contribution >= 0.6 is 0 Å². The van der Waals surface area contributed by atoms with Gasteiger partial charge in [-0.2, -0.15) is 5.10 Å². The summed E-state index contributed by atoms with van der Waals surface area (Å²) >= 11 is 0. The zero-order valence-electron chi connectivity index (χ0n) is 16.5. The fraction of sp³-hybridized carbons (Fsp3) is 0.286. The Morgan fingerprint density at radius 1 is 1.20 bits per heavy atom. The quantitative estimate of drug-likeness (QED) is 0.475. The number of para-hydroxylation sites is 1. The van der Waals surface area contributed by atoms with E-state index in [0.29, 0.717) is 6.54 Å². The van der Waals surface area contributed by atoms with Crippen molar-refractivity contribution in [2.45, 2.75) is 36.7 Å². The van der Waals surface area contributed by atoms with Gasteiger partial charge in [-0.3, -0.25) is 14.8 Å². The number of rotatable bonds is 6. The predicted molar refractivity (Wildman–Crippen MR) is 113 cm³/mol. The number of sulfone groups is 1. The van der Waals surface area contributed by atoms with Gasteiger partial charge < -0.3 is 5.32 Å². The van der Waals surface area contributed by atoms with Crippen LogP contribution in [0, 0.1) is 10.1 Å². The lowest BCUT2D eigenvalue weighted by molar-refractivity contribution is -0.386. The number of hydrogen-bond acceptors (Lipinski definition) is 6. The number of nitro groups is 1. The summed E-state index contributed by atoms with van der Waals surface area (Å²) < 4.78 is 26.0. The van der Waals surface area contributed by atoms with Crippen molar-refractivity contribution in [3.05, 3.63) is 81.7 Å². The Kier molecular flexibility index (Phi) is 5.29. The molecule has 0 fully saturated rings. The monoisotopic (exact) mass is 426 g/mol. The lowest BCUT2D eigenvalue weighted by Gasteiger charge is -2.25. The molecule has 1 aliphatic rings. The molecule has 1 heterocycles. The molecular weight excluding hydrogens is 404 g/mol. The van der Waals surface area contributed by atoms with Gasteiger partial charge in [-0.25, -0.2) is 8.42 Å². The summed E-state index contributed by atoms with van der Waals surface area (Å²) in [6, 6.07) is 14.2. The Bertz CT molecular complexity index is 1190. The van der Waals surface area contributed by atoms with E-state index in [1.807, 2.05) is 35.0 Å². The minimum Gasteiger partial charge on any atom is -0.373 e. The fourth-order valence-electron chi connectivity index (χ4n) is 3.98. The van der Waals surface area contributed by atoms with E-state index in [-0.39, 0.29) is 16.6 Å². The van der Waals surface area contributed by atoms with Gasteiger partial charge in [-0.15, -0.1) is 0 Å². The summed E-state index contributed by atoms with van der Waals surface area (Å²) in [5, 5.41) is 19.4. The average molecular weight is 426 g/mol. The third-order valence-electron chi connectivity index (χ3n) is 5.35. The van der Waals surface area contributed by atoms with Crippen LogP contribution in [0.25, 0.3) is 0 Å². The molecule has 0 amide bonds. The zero-order valence-corrected chi connectivity index (χ0v) is 17.3. The molecule has 0 saturated heterocycles. The molecule has 2 aromatic carbocycles. The van der Waals surface area contributed by atoms with Gasteiger partial charge in [0, 0.05) is 17.5 Å². The first-order valence-electron chi connectivity index (χ1n) is 9.67. The number of aromatic nitrogens is 2. The third kappa shape index (κ3) is 3.93. The maximum atomic E-state index is 12.0. The number of nitro benzene ring substituents is 1. The summed E-state index contributed by atoms with van der Waals surface area (Å²) in [7, 11) is -3.73. The Hall–Kier alpha value is -3.20. The number of fused-ring (bicyclic) bond motifs is 1. The first-order chi connectivity index (χ1) is 14.3. The van der Waals surface area contributed by atoms with E-state index in [1.165, 1.54) is 12.1 Å². The number of benzene rings is 2. The van der Waals surface area contributed by atoms with Gasteiger partial charge in [0.1, 0.15) is 10.6 Å². The molecule has 1 atom stereocenters. The standard InChI is InChI=1S/C21H22N4O4S/c1-30(28,29)20-12-6-10-18(21(20)25(26)27)23-17-9-5-11-19-16(17)13-22-24(19)14-15-7-3-2-4-8-15/h2-4,6-8,10,12-13,17,23H,5,9,11,14H2,1H3. The van der Waals surface area contributed by atoms with Gasteiger partial charge in [0.2, 0.25) is 0 Å². The lowest BCUT2D eigenvalue weighted by atomic mass is 9.92. The Labute approximate surface area is 174 Å². The van der Waals surface area contributed by atoms with Crippen LogP contribution in [0.2, 0.25) is 0 Å². The van der Waals surface area contributed by atoms with Crippen LogP contribution in [0.15, 0.2) is 59.6 Å². The molecule has 1 aliphatic carbocycles.